The van der Waals surface area contributed by atoms with E-state index in [1.54, 1.807) is 17.8 Å². The number of hydrogen-bond acceptors (Lipinski definition) is 3. The highest BCUT2D eigenvalue weighted by atomic mass is 32.2. The van der Waals surface area contributed by atoms with E-state index in [9.17, 15) is 4.79 Å². The molecule has 0 atom stereocenters. The van der Waals surface area contributed by atoms with Crippen LogP contribution in [0.15, 0.2) is 60.0 Å². The van der Waals surface area contributed by atoms with Crippen LogP contribution in [0.1, 0.15) is 10.4 Å². The van der Waals surface area contributed by atoms with E-state index in [0.29, 0.717) is 22.7 Å². The van der Waals surface area contributed by atoms with Gasteiger partial charge in [0, 0.05) is 10.6 Å². The van der Waals surface area contributed by atoms with Crippen molar-refractivity contribution in [1.29, 1.82) is 0 Å². The topological polar surface area (TPSA) is 38.3 Å². The van der Waals surface area contributed by atoms with Gasteiger partial charge in [0.1, 0.15) is 5.75 Å². The minimum atomic E-state index is -0.148. The van der Waals surface area contributed by atoms with Gasteiger partial charge in [-0.1, -0.05) is 18.2 Å². The van der Waals surface area contributed by atoms with E-state index in [4.69, 9.17) is 4.74 Å². The molecular weight excluding hydrogens is 270 g/mol. The second-order valence-corrected chi connectivity index (χ2v) is 5.40. The molecule has 3 nitrogen and oxygen atoms in total. The fraction of sp³-hybridized carbons (Fsp3) is 0.0625. The van der Waals surface area contributed by atoms with Crippen LogP contribution in [0, 0.1) is 0 Å². The van der Waals surface area contributed by atoms with Gasteiger partial charge >= 0.3 is 0 Å². The Kier molecular flexibility index (Phi) is 3.48. The van der Waals surface area contributed by atoms with Crippen molar-refractivity contribution in [1.82, 2.24) is 0 Å². The number of anilines is 1. The number of amides is 1. The Morgan fingerprint density at radius 1 is 1.20 bits per heavy atom. The Bertz CT molecular complexity index is 682. The summed E-state index contributed by atoms with van der Waals surface area (Å²) in [6.45, 7) is 3.70. The molecule has 3 rings (SSSR count). The maximum absolute atomic E-state index is 12.2. The number of fused-ring (bicyclic) bond motifs is 2. The van der Waals surface area contributed by atoms with Crippen LogP contribution in [-0.2, 0) is 0 Å². The average Bonchev–Trinajstić information content (AvgIpc) is 2.60. The lowest BCUT2D eigenvalue weighted by Crippen LogP contribution is -2.10. The third-order valence-electron chi connectivity index (χ3n) is 2.92. The van der Waals surface area contributed by atoms with E-state index < -0.39 is 0 Å². The molecule has 1 heterocycles. The van der Waals surface area contributed by atoms with Crippen LogP contribution in [0.5, 0.6) is 11.5 Å². The van der Waals surface area contributed by atoms with Gasteiger partial charge in [-0.25, -0.2) is 0 Å². The quantitative estimate of drug-likeness (QED) is 0.673. The molecule has 1 aliphatic rings. The molecule has 0 spiro atoms. The van der Waals surface area contributed by atoms with Crippen molar-refractivity contribution >= 4 is 23.4 Å². The highest BCUT2D eigenvalue weighted by Crippen LogP contribution is 2.37. The van der Waals surface area contributed by atoms with E-state index >= 15 is 0 Å². The lowest BCUT2D eigenvalue weighted by atomic mass is 10.2. The molecule has 1 N–H and O–H groups in total. The molecule has 2 aromatic carbocycles. The fourth-order valence-corrected chi connectivity index (χ4v) is 2.65. The number of nitrogens with one attached hydrogen (secondary N) is 1. The molecule has 1 amide bonds. The second-order valence-electron chi connectivity index (χ2n) is 4.31. The number of carbonyl (C=O) groups excluding carboxylic acids is 1. The summed E-state index contributed by atoms with van der Waals surface area (Å²) in [7, 11) is 0. The molecule has 0 fully saturated rings. The first kappa shape index (κ1) is 12.8. The zero-order valence-electron chi connectivity index (χ0n) is 10.8. The number of ether oxygens (including phenoxy) is 1. The maximum atomic E-state index is 12.2. The van der Waals surface area contributed by atoms with E-state index in [-0.39, 0.29) is 5.91 Å². The summed E-state index contributed by atoms with van der Waals surface area (Å²) in [6, 6.07) is 13.0. The average molecular weight is 283 g/mol. The van der Waals surface area contributed by atoms with Crippen molar-refractivity contribution in [3.63, 3.8) is 0 Å². The Labute approximate surface area is 121 Å². The molecular formula is C16H13NO2S. The van der Waals surface area contributed by atoms with Crippen LogP contribution in [0.25, 0.3) is 0 Å². The Hall–Kier alpha value is -2.20. The second kappa shape index (κ2) is 5.43. The number of benzene rings is 2. The van der Waals surface area contributed by atoms with Gasteiger partial charge in [-0.3, -0.25) is 4.79 Å². The number of rotatable bonds is 3. The normalized spacial score (nSPS) is 12.5. The van der Waals surface area contributed by atoms with Gasteiger partial charge in [0.15, 0.2) is 5.75 Å². The van der Waals surface area contributed by atoms with Crippen LogP contribution < -0.4 is 10.1 Å². The van der Waals surface area contributed by atoms with Crippen LogP contribution >= 0.6 is 11.8 Å². The Morgan fingerprint density at radius 2 is 2.05 bits per heavy atom. The smallest absolute Gasteiger partial charge is 0.259 e. The molecule has 20 heavy (non-hydrogen) atoms. The van der Waals surface area contributed by atoms with E-state index in [1.165, 1.54) is 0 Å². The molecule has 0 saturated heterocycles. The monoisotopic (exact) mass is 283 g/mol. The summed E-state index contributed by atoms with van der Waals surface area (Å²) in [4.78, 5) is 13.2. The fourth-order valence-electron chi connectivity index (χ4n) is 1.99. The van der Waals surface area contributed by atoms with Gasteiger partial charge in [0.2, 0.25) is 0 Å². The first-order valence-corrected chi connectivity index (χ1v) is 7.22. The standard InChI is InChI=1S/C16H13NO2S/c1-2-9-20-11-7-8-12-15(10-11)19-14-6-4-3-5-13(14)17-16(12)18/h2-8,10H,1,9H2,(H,17,18). The van der Waals surface area contributed by atoms with Crippen molar-refractivity contribution in [3.8, 4) is 11.5 Å². The highest BCUT2D eigenvalue weighted by molar-refractivity contribution is 7.99. The van der Waals surface area contributed by atoms with E-state index in [2.05, 4.69) is 11.9 Å². The van der Waals surface area contributed by atoms with Gasteiger partial charge in [-0.15, -0.1) is 18.3 Å². The lowest BCUT2D eigenvalue weighted by molar-refractivity contribution is 0.102. The van der Waals surface area contributed by atoms with Gasteiger partial charge in [0.05, 0.1) is 11.3 Å². The number of hydrogen-bond donors (Lipinski definition) is 1. The van der Waals surface area contributed by atoms with Crippen molar-refractivity contribution in [3.05, 3.63) is 60.7 Å². The Morgan fingerprint density at radius 3 is 2.90 bits per heavy atom. The summed E-state index contributed by atoms with van der Waals surface area (Å²) < 4.78 is 5.87. The summed E-state index contributed by atoms with van der Waals surface area (Å²) in [6.07, 6.45) is 1.85. The van der Waals surface area contributed by atoms with Gasteiger partial charge in [-0.2, -0.15) is 0 Å². The van der Waals surface area contributed by atoms with Crippen LogP contribution in [0.4, 0.5) is 5.69 Å². The predicted octanol–water partition coefficient (Wildman–Crippen LogP) is 4.32. The van der Waals surface area contributed by atoms with Crippen LogP contribution in [0.2, 0.25) is 0 Å². The molecule has 0 bridgehead atoms. The number of para-hydroxylation sites is 2. The number of carbonyl (C=O) groups is 1. The largest absolute Gasteiger partial charge is 0.454 e. The molecule has 1 aliphatic heterocycles. The molecule has 4 heteroatoms. The summed E-state index contributed by atoms with van der Waals surface area (Å²) in [5.74, 6) is 1.92. The van der Waals surface area contributed by atoms with Gasteiger partial charge in [-0.05, 0) is 30.3 Å². The molecule has 0 unspecified atom stereocenters. The van der Waals surface area contributed by atoms with Gasteiger partial charge < -0.3 is 10.1 Å². The van der Waals surface area contributed by atoms with Gasteiger partial charge in [0.25, 0.3) is 5.91 Å². The Balaban J connectivity index is 2.01. The third kappa shape index (κ3) is 2.42. The van der Waals surface area contributed by atoms with E-state index in [1.807, 2.05) is 42.5 Å². The SMILES string of the molecule is C=CCSc1ccc2c(c1)Oc1ccccc1NC2=O. The van der Waals surface area contributed by atoms with Crippen LogP contribution in [-0.4, -0.2) is 11.7 Å². The summed E-state index contributed by atoms with van der Waals surface area (Å²) >= 11 is 1.65. The zero-order chi connectivity index (χ0) is 13.9. The predicted molar refractivity (Wildman–Crippen MR) is 81.8 cm³/mol. The summed E-state index contributed by atoms with van der Waals surface area (Å²) in [5, 5.41) is 2.85. The molecule has 0 saturated carbocycles. The highest BCUT2D eigenvalue weighted by Gasteiger charge is 2.20. The molecule has 2 aromatic rings. The maximum Gasteiger partial charge on any atom is 0.259 e. The zero-order valence-corrected chi connectivity index (χ0v) is 11.6. The molecule has 0 radical (unpaired) electrons. The van der Waals surface area contributed by atoms with Crippen LogP contribution in [0.3, 0.4) is 0 Å². The summed E-state index contributed by atoms with van der Waals surface area (Å²) in [5.41, 5.74) is 1.23. The molecule has 0 aromatic heterocycles. The van der Waals surface area contributed by atoms with Crippen molar-refractivity contribution in [2.45, 2.75) is 4.90 Å². The molecule has 100 valence electrons. The third-order valence-corrected chi connectivity index (χ3v) is 3.91. The van der Waals surface area contributed by atoms with Crippen molar-refractivity contribution in [2.24, 2.45) is 0 Å². The first-order valence-electron chi connectivity index (χ1n) is 6.24. The minimum Gasteiger partial charge on any atom is -0.454 e. The minimum absolute atomic E-state index is 0.148. The van der Waals surface area contributed by atoms with E-state index in [0.717, 1.165) is 10.6 Å². The lowest BCUT2D eigenvalue weighted by Gasteiger charge is -2.08. The van der Waals surface area contributed by atoms with Crippen molar-refractivity contribution in [2.75, 3.05) is 11.1 Å². The number of thioether (sulfide) groups is 1. The first-order chi connectivity index (χ1) is 9.78. The molecule has 0 aliphatic carbocycles. The van der Waals surface area contributed by atoms with Crippen molar-refractivity contribution < 1.29 is 9.53 Å².